The van der Waals surface area contributed by atoms with Crippen molar-refractivity contribution in [3.63, 3.8) is 0 Å². The van der Waals surface area contributed by atoms with Gasteiger partial charge in [-0.05, 0) is 24.6 Å². The highest BCUT2D eigenvalue weighted by Gasteiger charge is 2.16. The standard InChI is InChI=1S/C20H20N4O2S/c21-18(19(25)24-20-23-12-14-27-20)16-9-4-5-10-17(16)22-11-6-13-26-15-7-2-1-3-8-15/h1-5,7-10,12,14,21-22H,6,11,13H2,(H,23,24,25). The number of aromatic nitrogens is 1. The highest BCUT2D eigenvalue weighted by Crippen LogP contribution is 2.17. The lowest BCUT2D eigenvalue weighted by molar-refractivity contribution is -0.110. The van der Waals surface area contributed by atoms with E-state index in [-0.39, 0.29) is 5.71 Å². The number of carbonyl (C=O) groups is 1. The van der Waals surface area contributed by atoms with Gasteiger partial charge < -0.3 is 10.1 Å². The third kappa shape index (κ3) is 5.39. The molecule has 3 rings (SSSR count). The van der Waals surface area contributed by atoms with Crippen LogP contribution in [0, 0.1) is 5.41 Å². The summed E-state index contributed by atoms with van der Waals surface area (Å²) >= 11 is 1.32. The summed E-state index contributed by atoms with van der Waals surface area (Å²) in [6, 6.07) is 17.0. The van der Waals surface area contributed by atoms with Crippen LogP contribution in [0.15, 0.2) is 66.2 Å². The van der Waals surface area contributed by atoms with Crippen LogP contribution in [0.25, 0.3) is 0 Å². The highest BCUT2D eigenvalue weighted by molar-refractivity contribution is 7.13. The molecule has 0 aliphatic carbocycles. The van der Waals surface area contributed by atoms with Crippen molar-refractivity contribution >= 4 is 33.8 Å². The van der Waals surface area contributed by atoms with Crippen LogP contribution in [0.3, 0.4) is 0 Å². The van der Waals surface area contributed by atoms with Crippen LogP contribution in [-0.4, -0.2) is 29.8 Å². The van der Waals surface area contributed by atoms with Crippen molar-refractivity contribution in [2.24, 2.45) is 0 Å². The number of nitrogens with zero attached hydrogens (tertiary/aromatic N) is 1. The lowest BCUT2D eigenvalue weighted by Crippen LogP contribution is -2.24. The summed E-state index contributed by atoms with van der Waals surface area (Å²) in [5.41, 5.74) is 1.20. The van der Waals surface area contributed by atoms with Gasteiger partial charge in [-0.25, -0.2) is 4.98 Å². The fourth-order valence-electron chi connectivity index (χ4n) is 2.42. The van der Waals surface area contributed by atoms with Crippen LogP contribution in [0.5, 0.6) is 5.75 Å². The molecule has 0 atom stereocenters. The van der Waals surface area contributed by atoms with E-state index in [1.165, 1.54) is 11.3 Å². The smallest absolute Gasteiger partial charge is 0.276 e. The first kappa shape index (κ1) is 18.6. The first-order valence-electron chi connectivity index (χ1n) is 8.54. The van der Waals surface area contributed by atoms with E-state index >= 15 is 0 Å². The van der Waals surface area contributed by atoms with E-state index in [1.54, 1.807) is 17.6 Å². The molecule has 3 N–H and O–H groups in total. The Labute approximate surface area is 161 Å². The van der Waals surface area contributed by atoms with Gasteiger partial charge in [-0.15, -0.1) is 11.3 Å². The number of thiazole rings is 1. The molecular formula is C20H20N4O2S. The molecule has 0 saturated heterocycles. The molecule has 0 unspecified atom stereocenters. The van der Waals surface area contributed by atoms with Crippen molar-refractivity contribution in [2.45, 2.75) is 6.42 Å². The van der Waals surface area contributed by atoms with E-state index in [2.05, 4.69) is 15.6 Å². The minimum Gasteiger partial charge on any atom is -0.494 e. The summed E-state index contributed by atoms with van der Waals surface area (Å²) in [6.07, 6.45) is 2.40. The van der Waals surface area contributed by atoms with E-state index in [9.17, 15) is 4.79 Å². The second kappa shape index (κ2) is 9.49. The van der Waals surface area contributed by atoms with Crippen molar-refractivity contribution < 1.29 is 9.53 Å². The summed E-state index contributed by atoms with van der Waals surface area (Å²) in [4.78, 5) is 16.3. The van der Waals surface area contributed by atoms with E-state index in [4.69, 9.17) is 10.1 Å². The molecule has 0 spiro atoms. The zero-order valence-electron chi connectivity index (χ0n) is 14.6. The van der Waals surface area contributed by atoms with Gasteiger partial charge in [0, 0.05) is 29.4 Å². The molecule has 2 aromatic carbocycles. The molecule has 1 aromatic heterocycles. The van der Waals surface area contributed by atoms with E-state index in [0.29, 0.717) is 23.8 Å². The summed E-state index contributed by atoms with van der Waals surface area (Å²) in [7, 11) is 0. The van der Waals surface area contributed by atoms with Crippen LogP contribution in [-0.2, 0) is 4.79 Å². The van der Waals surface area contributed by atoms with Gasteiger partial charge in [-0.3, -0.25) is 15.5 Å². The van der Waals surface area contributed by atoms with Crippen LogP contribution in [0.1, 0.15) is 12.0 Å². The van der Waals surface area contributed by atoms with Crippen LogP contribution >= 0.6 is 11.3 Å². The fraction of sp³-hybridized carbons (Fsp3) is 0.150. The fourth-order valence-corrected chi connectivity index (χ4v) is 2.95. The number of amides is 1. The van der Waals surface area contributed by atoms with E-state index in [1.807, 2.05) is 48.5 Å². The molecule has 7 heteroatoms. The van der Waals surface area contributed by atoms with Crippen molar-refractivity contribution in [1.82, 2.24) is 4.98 Å². The number of rotatable bonds is 9. The second-order valence-electron chi connectivity index (χ2n) is 5.65. The van der Waals surface area contributed by atoms with Crippen LogP contribution in [0.4, 0.5) is 10.8 Å². The molecule has 6 nitrogen and oxygen atoms in total. The number of hydrogen-bond acceptors (Lipinski definition) is 6. The Morgan fingerprint density at radius 2 is 1.89 bits per heavy atom. The highest BCUT2D eigenvalue weighted by atomic mass is 32.1. The summed E-state index contributed by atoms with van der Waals surface area (Å²) in [5, 5.41) is 16.4. The maximum absolute atomic E-state index is 12.3. The quantitative estimate of drug-likeness (QED) is 0.386. The van der Waals surface area contributed by atoms with Gasteiger partial charge in [0.1, 0.15) is 11.5 Å². The molecule has 0 bridgehead atoms. The molecule has 0 aliphatic heterocycles. The van der Waals surface area contributed by atoms with Crippen LogP contribution < -0.4 is 15.4 Å². The van der Waals surface area contributed by atoms with E-state index < -0.39 is 5.91 Å². The zero-order valence-corrected chi connectivity index (χ0v) is 15.5. The van der Waals surface area contributed by atoms with Gasteiger partial charge in [0.05, 0.1) is 6.61 Å². The Kier molecular flexibility index (Phi) is 6.54. The molecule has 0 radical (unpaired) electrons. The Balaban J connectivity index is 1.52. The molecule has 1 amide bonds. The lowest BCUT2D eigenvalue weighted by atomic mass is 10.1. The first-order chi connectivity index (χ1) is 13.2. The lowest BCUT2D eigenvalue weighted by Gasteiger charge is -2.13. The Hall–Kier alpha value is -3.19. The van der Waals surface area contributed by atoms with Gasteiger partial charge in [-0.2, -0.15) is 0 Å². The Bertz CT molecular complexity index is 882. The summed E-state index contributed by atoms with van der Waals surface area (Å²) < 4.78 is 5.67. The van der Waals surface area contributed by atoms with Crippen molar-refractivity contribution in [3.05, 3.63) is 71.7 Å². The second-order valence-corrected chi connectivity index (χ2v) is 6.55. The molecule has 3 aromatic rings. The number of benzene rings is 2. The Morgan fingerprint density at radius 3 is 2.67 bits per heavy atom. The van der Waals surface area contributed by atoms with Gasteiger partial charge in [0.2, 0.25) is 0 Å². The maximum atomic E-state index is 12.3. The predicted molar refractivity (Wildman–Crippen MR) is 109 cm³/mol. The SMILES string of the molecule is N=C(C(=O)Nc1nccs1)c1ccccc1NCCCOc1ccccc1. The van der Waals surface area contributed by atoms with Gasteiger partial charge in [-0.1, -0.05) is 36.4 Å². The van der Waals surface area contributed by atoms with Crippen molar-refractivity contribution in [1.29, 1.82) is 5.41 Å². The maximum Gasteiger partial charge on any atom is 0.276 e. The number of hydrogen-bond donors (Lipinski definition) is 3. The molecular weight excluding hydrogens is 360 g/mol. The largest absolute Gasteiger partial charge is 0.494 e. The zero-order chi connectivity index (χ0) is 18.9. The first-order valence-corrected chi connectivity index (χ1v) is 9.42. The number of nitrogens with one attached hydrogen (secondary N) is 3. The Morgan fingerprint density at radius 1 is 1.11 bits per heavy atom. The van der Waals surface area contributed by atoms with Gasteiger partial charge in [0.25, 0.3) is 5.91 Å². The summed E-state index contributed by atoms with van der Waals surface area (Å²) in [6.45, 7) is 1.26. The molecule has 1 heterocycles. The average molecular weight is 380 g/mol. The minimum absolute atomic E-state index is 0.103. The molecule has 0 fully saturated rings. The monoisotopic (exact) mass is 380 g/mol. The minimum atomic E-state index is -0.480. The van der Waals surface area contributed by atoms with Gasteiger partial charge in [0.15, 0.2) is 5.13 Å². The average Bonchev–Trinajstić information content (AvgIpc) is 3.21. The van der Waals surface area contributed by atoms with Crippen molar-refractivity contribution in [2.75, 3.05) is 23.8 Å². The molecule has 0 saturated carbocycles. The topological polar surface area (TPSA) is 87.1 Å². The number of para-hydroxylation sites is 2. The molecule has 0 aliphatic rings. The number of ether oxygens (including phenoxy) is 1. The number of anilines is 2. The number of carbonyl (C=O) groups excluding carboxylic acids is 1. The van der Waals surface area contributed by atoms with Gasteiger partial charge >= 0.3 is 0 Å². The molecule has 138 valence electrons. The molecule has 27 heavy (non-hydrogen) atoms. The third-order valence-corrected chi connectivity index (χ3v) is 4.41. The normalized spacial score (nSPS) is 10.2. The van der Waals surface area contributed by atoms with Crippen molar-refractivity contribution in [3.8, 4) is 5.75 Å². The summed E-state index contributed by atoms with van der Waals surface area (Å²) in [5.74, 6) is 0.366. The van der Waals surface area contributed by atoms with Crippen LogP contribution in [0.2, 0.25) is 0 Å². The predicted octanol–water partition coefficient (Wildman–Crippen LogP) is 4.03. The third-order valence-electron chi connectivity index (χ3n) is 3.72. The van der Waals surface area contributed by atoms with E-state index in [0.717, 1.165) is 17.9 Å².